The number of amides is 3. The zero-order chi connectivity index (χ0) is 9.42. The number of rotatable bonds is 2. The molecule has 1 unspecified atom stereocenters. The Hall–Kier alpha value is -1.39. The van der Waals surface area contributed by atoms with E-state index in [-0.39, 0.29) is 30.1 Å². The summed E-state index contributed by atoms with van der Waals surface area (Å²) < 4.78 is 0. The Labute approximate surface area is 74.9 Å². The Balaban J connectivity index is 1.90. The van der Waals surface area contributed by atoms with E-state index < -0.39 is 6.04 Å². The minimum absolute atomic E-state index is 0.0727. The van der Waals surface area contributed by atoms with Crippen molar-refractivity contribution < 1.29 is 14.4 Å². The molecule has 0 aromatic rings. The highest BCUT2D eigenvalue weighted by Gasteiger charge is 2.36. The van der Waals surface area contributed by atoms with Gasteiger partial charge in [0.1, 0.15) is 6.04 Å². The molecule has 1 aliphatic heterocycles. The summed E-state index contributed by atoms with van der Waals surface area (Å²) in [5, 5.41) is 4.69. The van der Waals surface area contributed by atoms with Crippen molar-refractivity contribution in [3.05, 3.63) is 0 Å². The van der Waals surface area contributed by atoms with Crippen molar-refractivity contribution in [3.63, 3.8) is 0 Å². The quantitative estimate of drug-likeness (QED) is 0.534. The number of carbonyl (C=O) groups excluding carboxylic acids is 3. The molecule has 1 saturated carbocycles. The van der Waals surface area contributed by atoms with Crippen LogP contribution in [-0.4, -0.2) is 23.8 Å². The number of carbonyl (C=O) groups is 3. The van der Waals surface area contributed by atoms with Gasteiger partial charge in [0.2, 0.25) is 17.7 Å². The molecule has 13 heavy (non-hydrogen) atoms. The van der Waals surface area contributed by atoms with E-state index in [1.807, 2.05) is 0 Å². The van der Waals surface area contributed by atoms with Gasteiger partial charge in [0.05, 0.1) is 6.42 Å². The molecule has 0 aromatic carbocycles. The average Bonchev–Trinajstić information content (AvgIpc) is 2.81. The third-order valence-corrected chi connectivity index (χ3v) is 2.23. The summed E-state index contributed by atoms with van der Waals surface area (Å²) in [6, 6.07) is -0.638. The van der Waals surface area contributed by atoms with Crippen LogP contribution >= 0.6 is 0 Å². The van der Waals surface area contributed by atoms with Crippen LogP contribution in [0, 0.1) is 5.92 Å². The van der Waals surface area contributed by atoms with Crippen LogP contribution in [0.3, 0.4) is 0 Å². The van der Waals surface area contributed by atoms with Gasteiger partial charge >= 0.3 is 0 Å². The first-order valence-electron chi connectivity index (χ1n) is 4.31. The molecule has 70 valence electrons. The Morgan fingerprint density at radius 2 is 2.08 bits per heavy atom. The van der Waals surface area contributed by atoms with Gasteiger partial charge in [0, 0.05) is 5.92 Å². The minimum Gasteiger partial charge on any atom is -0.344 e. The summed E-state index contributed by atoms with van der Waals surface area (Å²) in [5.41, 5.74) is 0. The van der Waals surface area contributed by atoms with Crippen LogP contribution in [-0.2, 0) is 14.4 Å². The Morgan fingerprint density at radius 3 is 2.54 bits per heavy atom. The first-order valence-corrected chi connectivity index (χ1v) is 4.31. The van der Waals surface area contributed by atoms with E-state index in [0.29, 0.717) is 0 Å². The van der Waals surface area contributed by atoms with Crippen LogP contribution in [0.15, 0.2) is 0 Å². The number of nitrogens with one attached hydrogen (secondary N) is 2. The molecule has 0 bridgehead atoms. The van der Waals surface area contributed by atoms with Gasteiger partial charge in [-0.2, -0.15) is 0 Å². The molecule has 0 spiro atoms. The van der Waals surface area contributed by atoms with Crippen LogP contribution < -0.4 is 10.6 Å². The first-order chi connectivity index (χ1) is 6.16. The van der Waals surface area contributed by atoms with E-state index in [0.717, 1.165) is 12.8 Å². The van der Waals surface area contributed by atoms with E-state index in [1.54, 1.807) is 0 Å². The number of hydrogen-bond acceptors (Lipinski definition) is 3. The van der Waals surface area contributed by atoms with Gasteiger partial charge in [-0.15, -0.1) is 0 Å². The predicted molar refractivity (Wildman–Crippen MR) is 42.4 cm³/mol. The van der Waals surface area contributed by atoms with Crippen molar-refractivity contribution in [2.45, 2.75) is 25.3 Å². The van der Waals surface area contributed by atoms with Gasteiger partial charge in [0.25, 0.3) is 0 Å². The van der Waals surface area contributed by atoms with Crippen molar-refractivity contribution in [3.8, 4) is 0 Å². The molecular formula is C8H10N2O3. The summed E-state index contributed by atoms with van der Waals surface area (Å²) in [7, 11) is 0. The summed E-state index contributed by atoms with van der Waals surface area (Å²) in [6.07, 6.45) is 1.87. The number of hydrogen-bond donors (Lipinski definition) is 2. The molecule has 3 amide bonds. The minimum atomic E-state index is -0.638. The highest BCUT2D eigenvalue weighted by atomic mass is 16.2. The van der Waals surface area contributed by atoms with Gasteiger partial charge < -0.3 is 5.32 Å². The average molecular weight is 182 g/mol. The normalized spacial score (nSPS) is 27.2. The summed E-state index contributed by atoms with van der Waals surface area (Å²) >= 11 is 0. The van der Waals surface area contributed by atoms with E-state index in [4.69, 9.17) is 0 Å². The molecule has 5 heteroatoms. The summed E-state index contributed by atoms with van der Waals surface area (Å²) in [5.74, 6) is -0.733. The van der Waals surface area contributed by atoms with E-state index in [2.05, 4.69) is 10.6 Å². The molecule has 0 aromatic heterocycles. The lowest BCUT2D eigenvalue weighted by Crippen LogP contribution is -2.40. The second-order valence-corrected chi connectivity index (χ2v) is 3.45. The highest BCUT2D eigenvalue weighted by molar-refractivity contribution is 6.06. The molecule has 5 nitrogen and oxygen atoms in total. The molecule has 1 aliphatic carbocycles. The maximum absolute atomic E-state index is 11.2. The van der Waals surface area contributed by atoms with E-state index >= 15 is 0 Å². The molecule has 1 atom stereocenters. The molecule has 2 N–H and O–H groups in total. The van der Waals surface area contributed by atoms with Gasteiger partial charge in [-0.25, -0.2) is 0 Å². The monoisotopic (exact) mass is 182 g/mol. The Kier molecular flexibility index (Phi) is 1.79. The molecular weight excluding hydrogens is 172 g/mol. The van der Waals surface area contributed by atoms with Crippen molar-refractivity contribution in [1.82, 2.24) is 10.6 Å². The fourth-order valence-corrected chi connectivity index (χ4v) is 1.31. The van der Waals surface area contributed by atoms with Crippen LogP contribution in [0.1, 0.15) is 19.3 Å². The third-order valence-electron chi connectivity index (χ3n) is 2.23. The zero-order valence-electron chi connectivity index (χ0n) is 7.00. The van der Waals surface area contributed by atoms with Gasteiger partial charge in [-0.3, -0.25) is 19.7 Å². The van der Waals surface area contributed by atoms with Crippen LogP contribution in [0.5, 0.6) is 0 Å². The van der Waals surface area contributed by atoms with Crippen LogP contribution in [0.25, 0.3) is 0 Å². The second-order valence-electron chi connectivity index (χ2n) is 3.45. The van der Waals surface area contributed by atoms with Gasteiger partial charge in [0.15, 0.2) is 0 Å². The van der Waals surface area contributed by atoms with Crippen molar-refractivity contribution >= 4 is 17.7 Å². The van der Waals surface area contributed by atoms with Crippen molar-refractivity contribution in [1.29, 1.82) is 0 Å². The lowest BCUT2D eigenvalue weighted by molar-refractivity contribution is -0.128. The van der Waals surface area contributed by atoms with Gasteiger partial charge in [-0.1, -0.05) is 0 Å². The van der Waals surface area contributed by atoms with Crippen molar-refractivity contribution in [2.24, 2.45) is 5.92 Å². The number of imide groups is 1. The molecule has 2 aliphatic rings. The lowest BCUT2D eigenvalue weighted by atomic mass is 10.2. The van der Waals surface area contributed by atoms with E-state index in [9.17, 15) is 14.4 Å². The summed E-state index contributed by atoms with van der Waals surface area (Å²) in [4.78, 5) is 33.0. The third kappa shape index (κ3) is 1.68. The van der Waals surface area contributed by atoms with Crippen molar-refractivity contribution in [2.75, 3.05) is 0 Å². The smallest absolute Gasteiger partial charge is 0.249 e. The molecule has 2 fully saturated rings. The Bertz CT molecular complexity index is 283. The second kappa shape index (κ2) is 2.83. The Morgan fingerprint density at radius 1 is 1.38 bits per heavy atom. The van der Waals surface area contributed by atoms with Crippen LogP contribution in [0.4, 0.5) is 0 Å². The molecule has 1 heterocycles. The largest absolute Gasteiger partial charge is 0.344 e. The fourth-order valence-electron chi connectivity index (χ4n) is 1.31. The SMILES string of the molecule is O=C1CC(NC(=O)C2CC2)C(=O)N1. The predicted octanol–water partition coefficient (Wildman–Crippen LogP) is -1.07. The maximum Gasteiger partial charge on any atom is 0.249 e. The summed E-state index contributed by atoms with van der Waals surface area (Å²) in [6.45, 7) is 0. The molecule has 2 rings (SSSR count). The fraction of sp³-hybridized carbons (Fsp3) is 0.625. The van der Waals surface area contributed by atoms with Gasteiger partial charge in [-0.05, 0) is 12.8 Å². The molecule has 1 saturated heterocycles. The standard InChI is InChI=1S/C8H10N2O3/c11-6-3-5(8(13)10-6)9-7(12)4-1-2-4/h4-5H,1-3H2,(H,9,12)(H,10,11,13). The van der Waals surface area contributed by atoms with Crippen LogP contribution in [0.2, 0.25) is 0 Å². The topological polar surface area (TPSA) is 75.3 Å². The first kappa shape index (κ1) is 8.22. The van der Waals surface area contributed by atoms with E-state index in [1.165, 1.54) is 0 Å². The lowest BCUT2D eigenvalue weighted by Gasteiger charge is -2.07. The molecule has 0 radical (unpaired) electrons. The zero-order valence-corrected chi connectivity index (χ0v) is 7.00. The highest BCUT2D eigenvalue weighted by Crippen LogP contribution is 2.29. The maximum atomic E-state index is 11.2.